The number of benzene rings is 2. The minimum Gasteiger partial charge on any atom is -0.493 e. The molecule has 2 N–H and O–H groups in total. The van der Waals surface area contributed by atoms with Crippen LogP contribution in [0.1, 0.15) is 5.56 Å². The van der Waals surface area contributed by atoms with Gasteiger partial charge >= 0.3 is 11.7 Å². The molecule has 1 aliphatic rings. The molecule has 11 heteroatoms. The number of methoxy groups -OCH3 is 1. The molecule has 0 radical (unpaired) electrons. The van der Waals surface area contributed by atoms with Gasteiger partial charge in [0.05, 0.1) is 17.7 Å². The summed E-state index contributed by atoms with van der Waals surface area (Å²) in [5.41, 5.74) is 2.17. The Kier molecular flexibility index (Phi) is 5.63. The number of nitro groups is 1. The Hall–Kier alpha value is -4.41. The van der Waals surface area contributed by atoms with Crippen molar-refractivity contribution in [1.82, 2.24) is 5.43 Å². The van der Waals surface area contributed by atoms with Crippen LogP contribution in [0.5, 0.6) is 11.5 Å². The van der Waals surface area contributed by atoms with Crippen molar-refractivity contribution in [2.75, 3.05) is 18.7 Å². The van der Waals surface area contributed by atoms with Crippen LogP contribution in [0.15, 0.2) is 48.0 Å². The topological polar surface area (TPSA) is 148 Å². The molecule has 0 aliphatic carbocycles. The fraction of sp³-hybridized carbons (Fsp3) is 0.105. The molecule has 154 valence electrons. The van der Waals surface area contributed by atoms with E-state index in [0.29, 0.717) is 5.69 Å². The Bertz CT molecular complexity index is 1060. The summed E-state index contributed by atoms with van der Waals surface area (Å²) in [7, 11) is 1.22. The average molecular weight is 413 g/mol. The third-order valence-electron chi connectivity index (χ3n) is 4.03. The van der Waals surface area contributed by atoms with E-state index in [9.17, 15) is 24.5 Å². The van der Waals surface area contributed by atoms with Crippen LogP contribution in [0.25, 0.3) is 6.08 Å². The highest BCUT2D eigenvalue weighted by Crippen LogP contribution is 2.39. The van der Waals surface area contributed by atoms with Crippen molar-refractivity contribution in [2.45, 2.75) is 0 Å². The molecule has 1 heterocycles. The minimum atomic E-state index is -1.33. The van der Waals surface area contributed by atoms with Crippen LogP contribution < -0.4 is 19.9 Å². The Balaban J connectivity index is 2.01. The normalized spacial score (nSPS) is 14.6. The number of ether oxygens (including phenoxy) is 2. The number of para-hydroxylation sites is 1. The molecule has 2 aromatic rings. The monoisotopic (exact) mass is 413 g/mol. The van der Waals surface area contributed by atoms with Gasteiger partial charge in [0, 0.05) is 6.07 Å². The number of nitrogens with zero attached hydrogens (tertiary/aromatic N) is 2. The lowest BCUT2D eigenvalue weighted by molar-refractivity contribution is -0.385. The highest BCUT2D eigenvalue weighted by Gasteiger charge is 2.34. The molecule has 0 atom stereocenters. The molecule has 1 fully saturated rings. The van der Waals surface area contributed by atoms with Crippen LogP contribution in [0.4, 0.5) is 11.4 Å². The summed E-state index contributed by atoms with van der Waals surface area (Å²) in [6, 6.07) is 10.7. The van der Waals surface area contributed by atoms with Crippen LogP contribution >= 0.6 is 0 Å². The molecule has 1 aliphatic heterocycles. The molecule has 2 amide bonds. The van der Waals surface area contributed by atoms with Gasteiger partial charge in [-0.2, -0.15) is 0 Å². The Morgan fingerprint density at radius 1 is 1.27 bits per heavy atom. The first-order valence-electron chi connectivity index (χ1n) is 8.45. The van der Waals surface area contributed by atoms with Crippen LogP contribution in [-0.4, -0.2) is 41.5 Å². The third-order valence-corrected chi connectivity index (χ3v) is 4.03. The Labute approximate surface area is 169 Å². The number of hydrogen-bond donors (Lipinski definition) is 2. The summed E-state index contributed by atoms with van der Waals surface area (Å²) in [4.78, 5) is 46.3. The van der Waals surface area contributed by atoms with E-state index in [2.05, 4.69) is 5.43 Å². The van der Waals surface area contributed by atoms with Crippen molar-refractivity contribution in [3.05, 3.63) is 63.7 Å². The zero-order valence-electron chi connectivity index (χ0n) is 15.5. The van der Waals surface area contributed by atoms with E-state index in [-0.39, 0.29) is 22.6 Å². The molecule has 1 saturated heterocycles. The number of rotatable bonds is 7. The Morgan fingerprint density at radius 2 is 1.97 bits per heavy atom. The Morgan fingerprint density at radius 3 is 2.57 bits per heavy atom. The summed E-state index contributed by atoms with van der Waals surface area (Å²) >= 11 is 0. The number of anilines is 1. The van der Waals surface area contributed by atoms with E-state index < -0.39 is 35.0 Å². The first kappa shape index (κ1) is 20.3. The highest BCUT2D eigenvalue weighted by molar-refractivity contribution is 6.31. The lowest BCUT2D eigenvalue weighted by Gasteiger charge is -2.14. The number of carbonyl (C=O) groups is 3. The SMILES string of the molecule is COc1cc(C=C2C(=O)NN(c3ccccc3)C2=O)cc([N+](=O)[O-])c1OCC(=O)O. The van der Waals surface area contributed by atoms with E-state index in [1.54, 1.807) is 30.3 Å². The van der Waals surface area contributed by atoms with Gasteiger partial charge < -0.3 is 14.6 Å². The van der Waals surface area contributed by atoms with Gasteiger partial charge in [0.1, 0.15) is 5.57 Å². The average Bonchev–Trinajstić information content (AvgIpc) is 3.00. The lowest BCUT2D eigenvalue weighted by Crippen LogP contribution is -2.35. The number of carboxylic acid groups (broad SMARTS) is 1. The van der Waals surface area contributed by atoms with Gasteiger partial charge in [-0.1, -0.05) is 18.2 Å². The quantitative estimate of drug-likeness (QED) is 0.300. The largest absolute Gasteiger partial charge is 0.493 e. The summed E-state index contributed by atoms with van der Waals surface area (Å²) in [5, 5.41) is 21.3. The number of nitro benzene ring substituents is 1. The standard InChI is InChI=1S/C19H15N3O8/c1-29-15-9-11(8-14(22(27)28)17(15)30-10-16(23)24)7-13-18(25)20-21(19(13)26)12-5-3-2-4-6-12/h2-9H,10H2,1H3,(H,20,25)(H,23,24). The second-order valence-corrected chi connectivity index (χ2v) is 5.99. The van der Waals surface area contributed by atoms with Crippen LogP contribution in [0, 0.1) is 10.1 Å². The maximum atomic E-state index is 12.7. The van der Waals surface area contributed by atoms with Crippen molar-refractivity contribution in [3.8, 4) is 11.5 Å². The van der Waals surface area contributed by atoms with E-state index in [0.717, 1.165) is 11.1 Å². The molecule has 3 rings (SSSR count). The number of hydrazine groups is 1. The second kappa shape index (κ2) is 8.31. The number of nitrogens with one attached hydrogen (secondary N) is 1. The summed E-state index contributed by atoms with van der Waals surface area (Å²) in [6.07, 6.45) is 1.18. The van der Waals surface area contributed by atoms with Gasteiger partial charge in [0.15, 0.2) is 12.4 Å². The zero-order chi connectivity index (χ0) is 21.8. The molecule has 0 saturated carbocycles. The highest BCUT2D eigenvalue weighted by atomic mass is 16.6. The number of aliphatic carboxylic acids is 1. The fourth-order valence-electron chi connectivity index (χ4n) is 2.74. The maximum Gasteiger partial charge on any atom is 0.341 e. The first-order chi connectivity index (χ1) is 14.3. The molecular formula is C19H15N3O8. The van der Waals surface area contributed by atoms with E-state index in [1.165, 1.54) is 19.3 Å². The lowest BCUT2D eigenvalue weighted by atomic mass is 10.1. The van der Waals surface area contributed by atoms with E-state index in [1.807, 2.05) is 0 Å². The predicted molar refractivity (Wildman–Crippen MR) is 103 cm³/mol. The van der Waals surface area contributed by atoms with Crippen LogP contribution in [-0.2, 0) is 14.4 Å². The van der Waals surface area contributed by atoms with Gasteiger partial charge in [-0.15, -0.1) is 0 Å². The van der Waals surface area contributed by atoms with Crippen LogP contribution in [0.2, 0.25) is 0 Å². The third kappa shape index (κ3) is 4.04. The van der Waals surface area contributed by atoms with Crippen molar-refractivity contribution < 1.29 is 33.9 Å². The van der Waals surface area contributed by atoms with Crippen LogP contribution in [0.3, 0.4) is 0 Å². The maximum absolute atomic E-state index is 12.7. The molecular weight excluding hydrogens is 398 g/mol. The molecule has 30 heavy (non-hydrogen) atoms. The summed E-state index contributed by atoms with van der Waals surface area (Å²) in [5.74, 6) is -3.15. The smallest absolute Gasteiger partial charge is 0.341 e. The minimum absolute atomic E-state index is 0.120. The van der Waals surface area contributed by atoms with Gasteiger partial charge in [0.25, 0.3) is 11.8 Å². The summed E-state index contributed by atoms with van der Waals surface area (Å²) in [6.45, 7) is -0.815. The van der Waals surface area contributed by atoms with Crippen molar-refractivity contribution in [1.29, 1.82) is 0 Å². The number of carbonyl (C=O) groups excluding carboxylic acids is 2. The van der Waals surface area contributed by atoms with Crippen molar-refractivity contribution in [3.63, 3.8) is 0 Å². The van der Waals surface area contributed by atoms with Crippen molar-refractivity contribution in [2.24, 2.45) is 0 Å². The number of amides is 2. The molecule has 0 spiro atoms. The van der Waals surface area contributed by atoms with E-state index >= 15 is 0 Å². The first-order valence-corrected chi connectivity index (χ1v) is 8.45. The van der Waals surface area contributed by atoms with Gasteiger partial charge in [-0.3, -0.25) is 25.1 Å². The van der Waals surface area contributed by atoms with Gasteiger partial charge in [-0.25, -0.2) is 9.80 Å². The summed E-state index contributed by atoms with van der Waals surface area (Å²) < 4.78 is 10.1. The predicted octanol–water partition coefficient (Wildman–Crippen LogP) is 1.53. The van der Waals surface area contributed by atoms with Gasteiger partial charge in [-0.05, 0) is 29.8 Å². The molecule has 11 nitrogen and oxygen atoms in total. The number of carboxylic acids is 1. The fourth-order valence-corrected chi connectivity index (χ4v) is 2.74. The number of hydrogen-bond acceptors (Lipinski definition) is 7. The second-order valence-electron chi connectivity index (χ2n) is 5.99. The molecule has 0 unspecified atom stereocenters. The van der Waals surface area contributed by atoms with E-state index in [4.69, 9.17) is 14.6 Å². The zero-order valence-corrected chi connectivity index (χ0v) is 15.5. The molecule has 0 aromatic heterocycles. The van der Waals surface area contributed by atoms with Crippen molar-refractivity contribution >= 4 is 35.2 Å². The van der Waals surface area contributed by atoms with Gasteiger partial charge in [0.2, 0.25) is 5.75 Å². The molecule has 0 bridgehead atoms. The molecule has 2 aromatic carbocycles.